The summed E-state index contributed by atoms with van der Waals surface area (Å²) in [4.78, 5) is 19.4. The number of carbonyl (C=O) groups excluding carboxylic acids is 1. The molecular weight excluding hydrogens is 228 g/mol. The molecule has 1 saturated heterocycles. The van der Waals surface area contributed by atoms with Crippen LogP contribution in [0.4, 0.5) is 0 Å². The number of piperidine rings is 1. The summed E-state index contributed by atoms with van der Waals surface area (Å²) >= 11 is 0. The number of aromatic amines is 1. The van der Waals surface area contributed by atoms with Gasteiger partial charge in [0.2, 0.25) is 5.78 Å². The van der Waals surface area contributed by atoms with Crippen molar-refractivity contribution < 1.29 is 4.79 Å². The molecule has 0 spiro atoms. The van der Waals surface area contributed by atoms with Gasteiger partial charge in [-0.15, -0.1) is 0 Å². The molecule has 0 aliphatic carbocycles. The van der Waals surface area contributed by atoms with Gasteiger partial charge in [-0.1, -0.05) is 0 Å². The summed E-state index contributed by atoms with van der Waals surface area (Å²) in [6.07, 6.45) is 3.05. The van der Waals surface area contributed by atoms with E-state index in [0.717, 1.165) is 22.9 Å². The lowest BCUT2D eigenvalue weighted by atomic mass is 9.95. The van der Waals surface area contributed by atoms with E-state index in [1.54, 1.807) is 0 Å². The second-order valence-corrected chi connectivity index (χ2v) is 5.25. The Kier molecular flexibility index (Phi) is 2.52. The molecule has 2 atom stereocenters. The number of nitrogens with one attached hydrogen (secondary N) is 2. The number of carbonyl (C=O) groups is 1. The lowest BCUT2D eigenvalue weighted by Gasteiger charge is -2.27. The smallest absolute Gasteiger partial charge is 0.211 e. The van der Waals surface area contributed by atoms with Gasteiger partial charge in [-0.25, -0.2) is 4.98 Å². The van der Waals surface area contributed by atoms with E-state index in [1.807, 2.05) is 13.1 Å². The predicted molar refractivity (Wildman–Crippen MR) is 68.6 cm³/mol. The highest BCUT2D eigenvalue weighted by atomic mass is 16.1. The number of ketones is 1. The molecular formula is C13H18N4O. The Balaban J connectivity index is 2.03. The minimum Gasteiger partial charge on any atom is -0.326 e. The molecule has 2 aromatic rings. The molecule has 0 aromatic carbocycles. The standard InChI is InChI=1S/C13H18N4O/c1-7-4-10(18)5-11(15-7)12-9(3)17-8(2)6-14-13(17)16-12/h6-7,11,15H,4-5H2,1-3H3,(H,14,16). The third-order valence-corrected chi connectivity index (χ3v) is 3.71. The molecule has 0 bridgehead atoms. The zero-order valence-corrected chi connectivity index (χ0v) is 10.9. The summed E-state index contributed by atoms with van der Waals surface area (Å²) in [7, 11) is 0. The number of hydrogen-bond donors (Lipinski definition) is 2. The van der Waals surface area contributed by atoms with Gasteiger partial charge in [-0.2, -0.15) is 0 Å². The Morgan fingerprint density at radius 2 is 2.17 bits per heavy atom. The van der Waals surface area contributed by atoms with Crippen LogP contribution in [0.5, 0.6) is 0 Å². The van der Waals surface area contributed by atoms with E-state index in [9.17, 15) is 4.79 Å². The molecule has 2 aromatic heterocycles. The Labute approximate surface area is 106 Å². The summed E-state index contributed by atoms with van der Waals surface area (Å²) < 4.78 is 2.10. The summed E-state index contributed by atoms with van der Waals surface area (Å²) in [5.74, 6) is 1.18. The van der Waals surface area contributed by atoms with E-state index in [0.29, 0.717) is 18.6 Å². The van der Waals surface area contributed by atoms with Gasteiger partial charge in [0.1, 0.15) is 5.78 Å². The Hall–Kier alpha value is -1.62. The zero-order valence-electron chi connectivity index (χ0n) is 10.9. The second-order valence-electron chi connectivity index (χ2n) is 5.25. The number of aromatic nitrogens is 3. The minimum atomic E-state index is 0.0855. The normalized spacial score (nSPS) is 24.9. The van der Waals surface area contributed by atoms with Crippen LogP contribution in [0.1, 0.15) is 42.9 Å². The summed E-state index contributed by atoms with van der Waals surface area (Å²) in [6, 6.07) is 0.328. The number of nitrogens with zero attached hydrogens (tertiary/aromatic N) is 2. The number of hydrogen-bond acceptors (Lipinski definition) is 3. The van der Waals surface area contributed by atoms with E-state index >= 15 is 0 Å². The van der Waals surface area contributed by atoms with Crippen molar-refractivity contribution in [3.8, 4) is 0 Å². The number of imidazole rings is 2. The molecule has 18 heavy (non-hydrogen) atoms. The van der Waals surface area contributed by atoms with Crippen molar-refractivity contribution in [2.75, 3.05) is 0 Å². The summed E-state index contributed by atoms with van der Waals surface area (Å²) in [5.41, 5.74) is 3.33. The quantitative estimate of drug-likeness (QED) is 0.804. The van der Waals surface area contributed by atoms with E-state index in [1.165, 1.54) is 0 Å². The molecule has 96 valence electrons. The van der Waals surface area contributed by atoms with Crippen molar-refractivity contribution in [1.29, 1.82) is 0 Å². The van der Waals surface area contributed by atoms with Crippen LogP contribution in [0.25, 0.3) is 5.78 Å². The molecule has 1 fully saturated rings. The van der Waals surface area contributed by atoms with Gasteiger partial charge in [0.05, 0.1) is 17.9 Å². The fourth-order valence-electron chi connectivity index (χ4n) is 2.92. The summed E-state index contributed by atoms with van der Waals surface area (Å²) in [6.45, 7) is 6.16. The average Bonchev–Trinajstić information content (AvgIpc) is 2.80. The number of fused-ring (bicyclic) bond motifs is 1. The van der Waals surface area contributed by atoms with Crippen LogP contribution in [-0.2, 0) is 4.79 Å². The molecule has 3 heterocycles. The fraction of sp³-hybridized carbons (Fsp3) is 0.538. The highest BCUT2D eigenvalue weighted by molar-refractivity contribution is 5.80. The lowest BCUT2D eigenvalue weighted by molar-refractivity contribution is -0.121. The topological polar surface area (TPSA) is 62.2 Å². The monoisotopic (exact) mass is 246 g/mol. The van der Waals surface area contributed by atoms with Crippen molar-refractivity contribution >= 4 is 11.6 Å². The third-order valence-electron chi connectivity index (χ3n) is 3.71. The van der Waals surface area contributed by atoms with Crippen molar-refractivity contribution in [1.82, 2.24) is 19.7 Å². The SMILES string of the molecule is Cc1cnc2[nH]c(C3CC(=O)CC(C)N3)c(C)n12. The molecule has 1 aliphatic rings. The van der Waals surface area contributed by atoms with Gasteiger partial charge in [-0.05, 0) is 20.8 Å². The maximum absolute atomic E-state index is 11.7. The van der Waals surface area contributed by atoms with Gasteiger partial charge >= 0.3 is 0 Å². The van der Waals surface area contributed by atoms with Crippen LogP contribution >= 0.6 is 0 Å². The van der Waals surface area contributed by atoms with Crippen LogP contribution in [0.2, 0.25) is 0 Å². The Bertz CT molecular complexity index is 610. The van der Waals surface area contributed by atoms with E-state index in [4.69, 9.17) is 0 Å². The molecule has 0 saturated carbocycles. The van der Waals surface area contributed by atoms with Crippen LogP contribution in [-0.4, -0.2) is 26.2 Å². The number of Topliss-reactive ketones (excluding diaryl/α,β-unsaturated/α-hetero) is 1. The highest BCUT2D eigenvalue weighted by Gasteiger charge is 2.28. The number of rotatable bonds is 1. The number of aryl methyl sites for hydroxylation is 2. The molecule has 1 aliphatic heterocycles. The van der Waals surface area contributed by atoms with E-state index in [-0.39, 0.29) is 12.1 Å². The van der Waals surface area contributed by atoms with Gasteiger partial charge < -0.3 is 10.3 Å². The van der Waals surface area contributed by atoms with Gasteiger partial charge in [0, 0.05) is 30.3 Å². The molecule has 2 unspecified atom stereocenters. The molecule has 3 rings (SSSR count). The lowest BCUT2D eigenvalue weighted by Crippen LogP contribution is -2.39. The largest absolute Gasteiger partial charge is 0.326 e. The first-order valence-corrected chi connectivity index (χ1v) is 6.36. The molecule has 0 amide bonds. The minimum absolute atomic E-state index is 0.0855. The first-order valence-electron chi connectivity index (χ1n) is 6.36. The summed E-state index contributed by atoms with van der Waals surface area (Å²) in [5, 5.41) is 3.48. The number of H-pyrrole nitrogens is 1. The predicted octanol–water partition coefficient (Wildman–Crippen LogP) is 1.66. The fourth-order valence-corrected chi connectivity index (χ4v) is 2.92. The third kappa shape index (κ3) is 1.66. The Morgan fingerprint density at radius 1 is 1.39 bits per heavy atom. The van der Waals surface area contributed by atoms with Crippen LogP contribution < -0.4 is 5.32 Å². The molecule has 5 nitrogen and oxygen atoms in total. The first kappa shape index (κ1) is 11.5. The highest BCUT2D eigenvalue weighted by Crippen LogP contribution is 2.26. The van der Waals surface area contributed by atoms with E-state index < -0.39 is 0 Å². The van der Waals surface area contributed by atoms with Crippen molar-refractivity contribution in [3.05, 3.63) is 23.3 Å². The average molecular weight is 246 g/mol. The first-order chi connectivity index (χ1) is 8.56. The van der Waals surface area contributed by atoms with Gasteiger partial charge in [-0.3, -0.25) is 9.20 Å². The second kappa shape index (κ2) is 3.95. The van der Waals surface area contributed by atoms with Crippen LogP contribution in [0.3, 0.4) is 0 Å². The van der Waals surface area contributed by atoms with Crippen molar-refractivity contribution in [2.45, 2.75) is 45.7 Å². The maximum atomic E-state index is 11.7. The van der Waals surface area contributed by atoms with Crippen LogP contribution in [0.15, 0.2) is 6.20 Å². The molecule has 5 heteroatoms. The van der Waals surface area contributed by atoms with Crippen LogP contribution in [0, 0.1) is 13.8 Å². The van der Waals surface area contributed by atoms with Crippen molar-refractivity contribution in [3.63, 3.8) is 0 Å². The zero-order chi connectivity index (χ0) is 12.9. The van der Waals surface area contributed by atoms with Gasteiger partial charge in [0.25, 0.3) is 0 Å². The van der Waals surface area contributed by atoms with Crippen molar-refractivity contribution in [2.24, 2.45) is 0 Å². The van der Waals surface area contributed by atoms with E-state index in [2.05, 4.69) is 33.5 Å². The maximum Gasteiger partial charge on any atom is 0.211 e. The molecule has 2 N–H and O–H groups in total. The van der Waals surface area contributed by atoms with Gasteiger partial charge in [0.15, 0.2) is 0 Å². The molecule has 0 radical (unpaired) electrons. The Morgan fingerprint density at radius 3 is 2.83 bits per heavy atom.